The van der Waals surface area contributed by atoms with E-state index in [0.717, 1.165) is 5.56 Å². The summed E-state index contributed by atoms with van der Waals surface area (Å²) < 4.78 is 13.8. The number of nitrogens with one attached hydrogen (secondary N) is 1. The van der Waals surface area contributed by atoms with Crippen molar-refractivity contribution in [2.24, 2.45) is 0 Å². The largest absolute Gasteiger partial charge is 0.272 e. The Morgan fingerprint density at radius 3 is 2.29 bits per heavy atom. The third-order valence-electron chi connectivity index (χ3n) is 3.47. The highest BCUT2D eigenvalue weighted by atomic mass is 19.1. The predicted molar refractivity (Wildman–Crippen MR) is 91.0 cm³/mol. The van der Waals surface area contributed by atoms with Gasteiger partial charge in [-0.1, -0.05) is 29.8 Å². The number of carbonyl (C=O) groups excluding carboxylic acids is 2. The number of hydrazine groups is 1. The van der Waals surface area contributed by atoms with Crippen LogP contribution < -0.4 is 5.43 Å². The number of carbonyl (C=O) groups is 2. The quantitative estimate of drug-likeness (QED) is 0.854. The van der Waals surface area contributed by atoms with Crippen LogP contribution in [-0.2, 0) is 0 Å². The number of rotatable bonds is 2. The second-order valence-corrected chi connectivity index (χ2v) is 6.60. The molecule has 2 rings (SSSR count). The summed E-state index contributed by atoms with van der Waals surface area (Å²) in [7, 11) is 0. The molecule has 24 heavy (non-hydrogen) atoms. The third-order valence-corrected chi connectivity index (χ3v) is 3.47. The van der Waals surface area contributed by atoms with Crippen LogP contribution in [0.5, 0.6) is 0 Å². The Bertz CT molecular complexity index is 766. The Labute approximate surface area is 141 Å². The van der Waals surface area contributed by atoms with Gasteiger partial charge in [-0.3, -0.25) is 15.0 Å². The Hall–Kier alpha value is -2.69. The van der Waals surface area contributed by atoms with Gasteiger partial charge in [0.05, 0.1) is 11.1 Å². The van der Waals surface area contributed by atoms with Gasteiger partial charge in [-0.05, 0) is 52.0 Å². The fraction of sp³-hybridized carbons (Fsp3) is 0.263. The fourth-order valence-corrected chi connectivity index (χ4v) is 2.24. The maximum atomic E-state index is 13.8. The standard InChI is InChI=1S/C19H21FN2O2/c1-13-8-7-9-14(12-13)18(24)22(19(2,3)4)21-17(23)15-10-5-6-11-16(15)20/h5-12H,1-4H3,(H,21,23). The molecule has 126 valence electrons. The lowest BCUT2D eigenvalue weighted by atomic mass is 10.1. The van der Waals surface area contributed by atoms with Gasteiger partial charge in [-0.2, -0.15) is 0 Å². The molecule has 0 atom stereocenters. The van der Waals surface area contributed by atoms with Gasteiger partial charge in [0.1, 0.15) is 5.82 Å². The van der Waals surface area contributed by atoms with Gasteiger partial charge in [-0.25, -0.2) is 9.40 Å². The zero-order valence-electron chi connectivity index (χ0n) is 14.3. The number of hydrogen-bond donors (Lipinski definition) is 1. The topological polar surface area (TPSA) is 49.4 Å². The van der Waals surface area contributed by atoms with Crippen molar-refractivity contribution in [3.8, 4) is 0 Å². The van der Waals surface area contributed by atoms with Crippen LogP contribution >= 0.6 is 0 Å². The molecule has 0 aliphatic heterocycles. The van der Waals surface area contributed by atoms with Crippen LogP contribution in [0, 0.1) is 12.7 Å². The summed E-state index contributed by atoms with van der Waals surface area (Å²) in [4.78, 5) is 25.2. The van der Waals surface area contributed by atoms with Crippen molar-refractivity contribution in [3.63, 3.8) is 0 Å². The van der Waals surface area contributed by atoms with Crippen molar-refractivity contribution in [2.75, 3.05) is 0 Å². The van der Waals surface area contributed by atoms with Crippen molar-refractivity contribution in [2.45, 2.75) is 33.2 Å². The summed E-state index contributed by atoms with van der Waals surface area (Å²) in [6.07, 6.45) is 0. The minimum absolute atomic E-state index is 0.108. The molecule has 0 saturated carbocycles. The van der Waals surface area contributed by atoms with E-state index in [1.807, 2.05) is 13.0 Å². The smallest absolute Gasteiger partial charge is 0.267 e. The molecule has 2 aromatic carbocycles. The number of aryl methyl sites for hydroxylation is 1. The lowest BCUT2D eigenvalue weighted by Gasteiger charge is -2.35. The minimum Gasteiger partial charge on any atom is -0.267 e. The van der Waals surface area contributed by atoms with Gasteiger partial charge in [-0.15, -0.1) is 0 Å². The maximum absolute atomic E-state index is 13.8. The average molecular weight is 328 g/mol. The van der Waals surface area contributed by atoms with Crippen LogP contribution in [0.15, 0.2) is 48.5 Å². The first-order valence-electron chi connectivity index (χ1n) is 7.67. The molecule has 0 fully saturated rings. The Kier molecular flexibility index (Phi) is 5.02. The Morgan fingerprint density at radius 1 is 1.04 bits per heavy atom. The highest BCUT2D eigenvalue weighted by Crippen LogP contribution is 2.17. The van der Waals surface area contributed by atoms with Crippen molar-refractivity contribution in [1.29, 1.82) is 0 Å². The van der Waals surface area contributed by atoms with Gasteiger partial charge in [0.15, 0.2) is 0 Å². The first-order chi connectivity index (χ1) is 11.2. The van der Waals surface area contributed by atoms with Crippen LogP contribution in [0.1, 0.15) is 47.1 Å². The molecule has 0 unspecified atom stereocenters. The highest BCUT2D eigenvalue weighted by molar-refractivity contribution is 5.99. The van der Waals surface area contributed by atoms with E-state index < -0.39 is 17.3 Å². The molecule has 5 heteroatoms. The van der Waals surface area contributed by atoms with E-state index in [1.54, 1.807) is 45.0 Å². The second kappa shape index (κ2) is 6.83. The molecular weight excluding hydrogens is 307 g/mol. The van der Waals surface area contributed by atoms with Gasteiger partial charge < -0.3 is 0 Å². The van der Waals surface area contributed by atoms with Gasteiger partial charge >= 0.3 is 0 Å². The first-order valence-corrected chi connectivity index (χ1v) is 7.67. The zero-order chi connectivity index (χ0) is 17.9. The van der Waals surface area contributed by atoms with Gasteiger partial charge in [0.2, 0.25) is 0 Å². The summed E-state index contributed by atoms with van der Waals surface area (Å²) in [5.74, 6) is -1.65. The fourth-order valence-electron chi connectivity index (χ4n) is 2.24. The number of hydrogen-bond acceptors (Lipinski definition) is 2. The Balaban J connectivity index is 2.32. The van der Waals surface area contributed by atoms with Crippen LogP contribution in [0.25, 0.3) is 0 Å². The molecule has 0 aromatic heterocycles. The molecule has 1 N–H and O–H groups in total. The van der Waals surface area contributed by atoms with Crippen LogP contribution in [0.2, 0.25) is 0 Å². The Morgan fingerprint density at radius 2 is 1.71 bits per heavy atom. The van der Waals surface area contributed by atoms with Gasteiger partial charge in [0.25, 0.3) is 11.8 Å². The van der Waals surface area contributed by atoms with Crippen LogP contribution in [0.4, 0.5) is 4.39 Å². The molecule has 0 aliphatic rings. The SMILES string of the molecule is Cc1cccc(C(=O)N(NC(=O)c2ccccc2F)C(C)(C)C)c1. The van der Waals surface area contributed by atoms with Crippen LogP contribution in [-0.4, -0.2) is 22.4 Å². The van der Waals surface area contributed by atoms with E-state index >= 15 is 0 Å². The molecule has 0 saturated heterocycles. The number of nitrogens with zero attached hydrogens (tertiary/aromatic N) is 1. The molecule has 4 nitrogen and oxygen atoms in total. The molecule has 2 aromatic rings. The molecular formula is C19H21FN2O2. The molecule has 2 amide bonds. The van der Waals surface area contributed by atoms with Crippen molar-refractivity contribution >= 4 is 11.8 Å². The van der Waals surface area contributed by atoms with Gasteiger partial charge in [0, 0.05) is 5.56 Å². The van der Waals surface area contributed by atoms with Crippen LogP contribution in [0.3, 0.4) is 0 Å². The normalized spacial score (nSPS) is 11.0. The highest BCUT2D eigenvalue weighted by Gasteiger charge is 2.30. The molecule has 0 heterocycles. The predicted octanol–water partition coefficient (Wildman–Crippen LogP) is 3.72. The monoisotopic (exact) mass is 328 g/mol. The number of amides is 2. The molecule has 0 radical (unpaired) electrons. The van der Waals surface area contributed by atoms with E-state index in [2.05, 4.69) is 5.43 Å². The van der Waals surface area contributed by atoms with E-state index in [9.17, 15) is 14.0 Å². The summed E-state index contributed by atoms with van der Waals surface area (Å²) in [6.45, 7) is 7.27. The van der Waals surface area contributed by atoms with E-state index in [0.29, 0.717) is 5.56 Å². The molecule has 0 aliphatic carbocycles. The van der Waals surface area contributed by atoms with E-state index in [4.69, 9.17) is 0 Å². The number of benzene rings is 2. The molecule has 0 spiro atoms. The maximum Gasteiger partial charge on any atom is 0.272 e. The van der Waals surface area contributed by atoms with E-state index in [-0.39, 0.29) is 11.5 Å². The zero-order valence-corrected chi connectivity index (χ0v) is 14.3. The summed E-state index contributed by atoms with van der Waals surface area (Å²) in [5, 5.41) is 1.23. The third kappa shape index (κ3) is 3.98. The lowest BCUT2D eigenvalue weighted by molar-refractivity contribution is 0.0357. The summed E-state index contributed by atoms with van der Waals surface area (Å²) in [5.41, 5.74) is 3.15. The molecule has 0 bridgehead atoms. The van der Waals surface area contributed by atoms with Crippen molar-refractivity contribution < 1.29 is 14.0 Å². The second-order valence-electron chi connectivity index (χ2n) is 6.60. The first kappa shape index (κ1) is 17.7. The average Bonchev–Trinajstić information content (AvgIpc) is 2.51. The van der Waals surface area contributed by atoms with Crippen molar-refractivity contribution in [1.82, 2.24) is 10.4 Å². The summed E-state index contributed by atoms with van der Waals surface area (Å²) >= 11 is 0. The lowest BCUT2D eigenvalue weighted by Crippen LogP contribution is -2.56. The number of halogens is 1. The van der Waals surface area contributed by atoms with E-state index in [1.165, 1.54) is 23.2 Å². The summed E-state index contributed by atoms with van der Waals surface area (Å²) in [6, 6.07) is 12.8. The minimum atomic E-state index is -0.679. The van der Waals surface area contributed by atoms with Crippen molar-refractivity contribution in [3.05, 3.63) is 71.0 Å².